The summed E-state index contributed by atoms with van der Waals surface area (Å²) < 4.78 is 5.46. The number of hydrogen-bond donors (Lipinski definition) is 2. The fourth-order valence-corrected chi connectivity index (χ4v) is 5.39. The maximum Gasteiger partial charge on any atom is 0.244 e. The smallest absolute Gasteiger partial charge is 0.244 e. The van der Waals surface area contributed by atoms with E-state index in [0.29, 0.717) is 31.9 Å². The summed E-state index contributed by atoms with van der Waals surface area (Å²) in [5.74, 6) is -1.53. The van der Waals surface area contributed by atoms with E-state index in [1.165, 1.54) is 6.21 Å². The summed E-state index contributed by atoms with van der Waals surface area (Å²) in [6, 6.07) is 26.3. The number of amides is 2. The van der Waals surface area contributed by atoms with Gasteiger partial charge in [-0.25, -0.2) is 5.43 Å². The molecule has 1 heterocycles. The van der Waals surface area contributed by atoms with Gasteiger partial charge in [0.05, 0.1) is 31.3 Å². The first-order valence-electron chi connectivity index (χ1n) is 12.2. The minimum Gasteiger partial charge on any atom is -0.507 e. The van der Waals surface area contributed by atoms with Gasteiger partial charge in [0.25, 0.3) is 0 Å². The van der Waals surface area contributed by atoms with Gasteiger partial charge in [-0.1, -0.05) is 72.8 Å². The number of ether oxygens (including phenoxy) is 1. The van der Waals surface area contributed by atoms with E-state index in [1.54, 1.807) is 24.3 Å². The van der Waals surface area contributed by atoms with Crippen molar-refractivity contribution in [3.05, 3.63) is 102 Å². The molecular weight excluding hydrogens is 454 g/mol. The van der Waals surface area contributed by atoms with Gasteiger partial charge < -0.3 is 14.7 Å². The molecule has 1 saturated heterocycles. The average Bonchev–Trinajstić information content (AvgIpc) is 2.91. The molecule has 1 saturated carbocycles. The third-order valence-corrected chi connectivity index (χ3v) is 7.14. The van der Waals surface area contributed by atoms with Crippen LogP contribution in [-0.2, 0) is 14.3 Å². The van der Waals surface area contributed by atoms with Crippen LogP contribution in [0.25, 0.3) is 0 Å². The molecule has 2 N–H and O–H groups in total. The number of carbonyl (C=O) groups is 2. The number of carbonyl (C=O) groups excluding carboxylic acids is 2. The number of rotatable bonds is 6. The van der Waals surface area contributed by atoms with Crippen LogP contribution in [0.15, 0.2) is 90.0 Å². The lowest BCUT2D eigenvalue weighted by molar-refractivity contribution is -0.151. The molecule has 0 radical (unpaired) electrons. The maximum atomic E-state index is 13.8. The van der Waals surface area contributed by atoms with Crippen molar-refractivity contribution in [3.8, 4) is 5.75 Å². The van der Waals surface area contributed by atoms with E-state index in [4.69, 9.17) is 4.74 Å². The van der Waals surface area contributed by atoms with Crippen LogP contribution in [0.4, 0.5) is 0 Å². The standard InChI is InChI=1S/C29H29N3O4/c33-23-14-8-7-13-22(23)19-30-31-28(34)26-24(20-9-3-1-4-10-20)27(25(26)21-11-5-2-6-12-21)29(35)32-15-17-36-18-16-32/h1-14,19,24-27,33H,15-18H2,(H,31,34)/b30-19-/t24-,25-,26?,27?/m1/s1. The van der Waals surface area contributed by atoms with E-state index in [1.807, 2.05) is 65.6 Å². The molecule has 2 amide bonds. The van der Waals surface area contributed by atoms with Crippen LogP contribution in [-0.4, -0.2) is 54.3 Å². The van der Waals surface area contributed by atoms with E-state index < -0.39 is 5.92 Å². The topological polar surface area (TPSA) is 91.2 Å². The van der Waals surface area contributed by atoms with Gasteiger partial charge in [-0.05, 0) is 23.3 Å². The molecule has 0 spiro atoms. The van der Waals surface area contributed by atoms with Crippen LogP contribution in [0.2, 0.25) is 0 Å². The van der Waals surface area contributed by atoms with Crippen molar-refractivity contribution in [1.82, 2.24) is 10.3 Å². The minimum absolute atomic E-state index is 0.0581. The number of hydrazone groups is 1. The molecule has 2 aliphatic rings. The Hall–Kier alpha value is -3.97. The summed E-state index contributed by atoms with van der Waals surface area (Å²) in [5, 5.41) is 14.1. The first-order valence-corrected chi connectivity index (χ1v) is 12.2. The molecule has 36 heavy (non-hydrogen) atoms. The predicted molar refractivity (Wildman–Crippen MR) is 137 cm³/mol. The molecule has 2 atom stereocenters. The van der Waals surface area contributed by atoms with Crippen molar-refractivity contribution >= 4 is 18.0 Å². The van der Waals surface area contributed by atoms with Crippen molar-refractivity contribution < 1.29 is 19.4 Å². The lowest BCUT2D eigenvalue weighted by Crippen LogP contribution is -2.57. The minimum atomic E-state index is -0.480. The Bertz CT molecular complexity index is 1180. The van der Waals surface area contributed by atoms with E-state index in [9.17, 15) is 14.7 Å². The van der Waals surface area contributed by atoms with Crippen molar-refractivity contribution in [2.24, 2.45) is 16.9 Å². The zero-order valence-corrected chi connectivity index (χ0v) is 19.9. The Morgan fingerprint density at radius 1 is 0.833 bits per heavy atom. The van der Waals surface area contributed by atoms with E-state index in [0.717, 1.165) is 11.1 Å². The Kier molecular flexibility index (Phi) is 7.09. The van der Waals surface area contributed by atoms with Gasteiger partial charge in [0.15, 0.2) is 0 Å². The summed E-state index contributed by atoms with van der Waals surface area (Å²) in [6.07, 6.45) is 1.43. The largest absolute Gasteiger partial charge is 0.507 e. The third-order valence-electron chi connectivity index (χ3n) is 7.14. The molecule has 2 fully saturated rings. The van der Waals surface area contributed by atoms with Crippen LogP contribution in [0.1, 0.15) is 28.5 Å². The van der Waals surface area contributed by atoms with E-state index >= 15 is 0 Å². The molecular formula is C29H29N3O4. The zero-order valence-electron chi connectivity index (χ0n) is 19.9. The number of phenolic OH excluding ortho intramolecular Hbond substituents is 1. The first kappa shape index (κ1) is 23.8. The lowest BCUT2D eigenvalue weighted by Gasteiger charge is -2.52. The number of nitrogens with one attached hydrogen (secondary N) is 1. The molecule has 0 aromatic heterocycles. The highest BCUT2D eigenvalue weighted by Gasteiger charge is 2.58. The second kappa shape index (κ2) is 10.7. The monoisotopic (exact) mass is 483 g/mol. The average molecular weight is 484 g/mol. The fourth-order valence-electron chi connectivity index (χ4n) is 5.39. The summed E-state index contributed by atoms with van der Waals surface area (Å²) in [6.45, 7) is 2.16. The molecule has 3 aromatic rings. The number of morpholine rings is 1. The number of benzene rings is 3. The van der Waals surface area contributed by atoms with Crippen molar-refractivity contribution in [2.75, 3.05) is 26.3 Å². The van der Waals surface area contributed by atoms with Crippen LogP contribution in [0, 0.1) is 11.8 Å². The van der Waals surface area contributed by atoms with Crippen molar-refractivity contribution in [3.63, 3.8) is 0 Å². The number of para-hydroxylation sites is 1. The van der Waals surface area contributed by atoms with Crippen LogP contribution in [0.5, 0.6) is 5.75 Å². The quantitative estimate of drug-likeness (QED) is 0.415. The molecule has 1 aliphatic carbocycles. The second-order valence-electron chi connectivity index (χ2n) is 9.16. The highest BCUT2D eigenvalue weighted by molar-refractivity contribution is 5.91. The molecule has 1 aliphatic heterocycles. The highest BCUT2D eigenvalue weighted by Crippen LogP contribution is 2.58. The van der Waals surface area contributed by atoms with Crippen molar-refractivity contribution in [1.29, 1.82) is 0 Å². The van der Waals surface area contributed by atoms with Crippen LogP contribution < -0.4 is 5.43 Å². The molecule has 0 bridgehead atoms. The maximum absolute atomic E-state index is 13.8. The van der Waals surface area contributed by atoms with Gasteiger partial charge in [-0.3, -0.25) is 9.59 Å². The second-order valence-corrected chi connectivity index (χ2v) is 9.16. The zero-order chi connectivity index (χ0) is 24.9. The fraction of sp³-hybridized carbons (Fsp3) is 0.276. The Morgan fingerprint density at radius 3 is 1.97 bits per heavy atom. The number of nitrogens with zero attached hydrogens (tertiary/aromatic N) is 2. The third kappa shape index (κ3) is 4.75. The number of phenols is 1. The molecule has 184 valence electrons. The Morgan fingerprint density at radius 2 is 1.39 bits per heavy atom. The summed E-state index contributed by atoms with van der Waals surface area (Å²) in [5.41, 5.74) is 5.10. The number of aromatic hydroxyl groups is 1. The van der Waals surface area contributed by atoms with Gasteiger partial charge >= 0.3 is 0 Å². The van der Waals surface area contributed by atoms with Gasteiger partial charge in [0.1, 0.15) is 5.75 Å². The molecule has 5 rings (SSSR count). The van der Waals surface area contributed by atoms with Crippen LogP contribution in [0.3, 0.4) is 0 Å². The van der Waals surface area contributed by atoms with Crippen molar-refractivity contribution in [2.45, 2.75) is 11.8 Å². The molecule has 7 heteroatoms. The van der Waals surface area contributed by atoms with E-state index in [2.05, 4.69) is 10.5 Å². The summed E-state index contributed by atoms with van der Waals surface area (Å²) in [7, 11) is 0. The van der Waals surface area contributed by atoms with Gasteiger partial charge in [-0.15, -0.1) is 0 Å². The molecule has 3 aromatic carbocycles. The van der Waals surface area contributed by atoms with Gasteiger partial charge in [0.2, 0.25) is 11.8 Å². The van der Waals surface area contributed by atoms with Gasteiger partial charge in [0, 0.05) is 30.5 Å². The SMILES string of the molecule is O=C(N/N=C\c1ccccc1O)C1[C@@H](c2ccccc2)C(C(=O)N2CCOCC2)[C@@H]1c1ccccc1. The lowest BCUT2D eigenvalue weighted by atomic mass is 9.51. The van der Waals surface area contributed by atoms with E-state index in [-0.39, 0.29) is 35.3 Å². The summed E-state index contributed by atoms with van der Waals surface area (Å²) >= 11 is 0. The van der Waals surface area contributed by atoms with Gasteiger partial charge in [-0.2, -0.15) is 5.10 Å². The molecule has 7 nitrogen and oxygen atoms in total. The highest BCUT2D eigenvalue weighted by atomic mass is 16.5. The normalized spacial score (nSPS) is 23.7. The number of hydrogen-bond acceptors (Lipinski definition) is 5. The predicted octanol–water partition coefficient (Wildman–Crippen LogP) is 3.51. The summed E-state index contributed by atoms with van der Waals surface area (Å²) in [4.78, 5) is 29.3. The molecule has 0 unspecified atom stereocenters. The first-order chi connectivity index (χ1) is 17.6. The van der Waals surface area contributed by atoms with Crippen LogP contribution >= 0.6 is 0 Å². The Labute approximate surface area is 210 Å². The Balaban J connectivity index is 1.47.